The smallest absolute Gasteiger partial charge is 0.295 e. The molecule has 3 rings (SSSR count). The lowest BCUT2D eigenvalue weighted by atomic mass is 9.87. The van der Waals surface area contributed by atoms with E-state index in [9.17, 15) is 9.59 Å². The Bertz CT molecular complexity index is 1050. The van der Waals surface area contributed by atoms with E-state index in [-0.39, 0.29) is 17.1 Å². The number of nitrogens with zero attached hydrogens (tertiary/aromatic N) is 3. The Morgan fingerprint density at radius 2 is 1.69 bits per heavy atom. The van der Waals surface area contributed by atoms with Crippen LogP contribution in [0, 0.1) is 0 Å². The highest BCUT2D eigenvalue weighted by Gasteiger charge is 2.37. The van der Waals surface area contributed by atoms with E-state index in [1.54, 1.807) is 24.4 Å². The van der Waals surface area contributed by atoms with E-state index in [0.29, 0.717) is 11.4 Å². The van der Waals surface area contributed by atoms with Gasteiger partial charge in [-0.1, -0.05) is 32.9 Å². The van der Waals surface area contributed by atoms with Crippen LogP contribution in [0.15, 0.2) is 65.7 Å². The molecule has 1 atom stereocenters. The van der Waals surface area contributed by atoms with E-state index in [0.717, 1.165) is 5.56 Å². The second-order valence-corrected chi connectivity index (χ2v) is 9.73. The van der Waals surface area contributed by atoms with Crippen molar-refractivity contribution in [2.45, 2.75) is 58.5 Å². The summed E-state index contributed by atoms with van der Waals surface area (Å²) in [7, 11) is 0. The van der Waals surface area contributed by atoms with Crippen molar-refractivity contribution < 1.29 is 14.0 Å². The summed E-state index contributed by atoms with van der Waals surface area (Å²) in [5.74, 6) is -0.658. The number of anilines is 1. The fraction of sp³-hybridized carbons (Fsp3) is 0.360. The number of aromatic nitrogens is 2. The van der Waals surface area contributed by atoms with Crippen molar-refractivity contribution in [1.82, 2.24) is 15.3 Å². The van der Waals surface area contributed by atoms with Crippen molar-refractivity contribution in [2.24, 2.45) is 0 Å². The number of benzene rings is 1. The number of nitrogens with one attached hydrogen (secondary N) is 1. The summed E-state index contributed by atoms with van der Waals surface area (Å²) in [5, 5.41) is 2.98. The number of amides is 2. The van der Waals surface area contributed by atoms with Gasteiger partial charge in [-0.05, 0) is 62.1 Å². The van der Waals surface area contributed by atoms with Crippen LogP contribution in [-0.2, 0) is 10.2 Å². The summed E-state index contributed by atoms with van der Waals surface area (Å²) >= 11 is 0. The highest BCUT2D eigenvalue weighted by atomic mass is 16.3. The normalized spacial score (nSPS) is 12.8. The molecule has 0 spiro atoms. The van der Waals surface area contributed by atoms with Gasteiger partial charge in [-0.2, -0.15) is 0 Å². The molecule has 0 saturated heterocycles. The van der Waals surface area contributed by atoms with Crippen LogP contribution in [0.1, 0.15) is 69.4 Å². The fourth-order valence-corrected chi connectivity index (χ4v) is 3.31. The Balaban J connectivity index is 2.15. The molecule has 2 amide bonds. The molecule has 1 unspecified atom stereocenters. The van der Waals surface area contributed by atoms with Crippen molar-refractivity contribution >= 4 is 17.5 Å². The number of carbonyl (C=O) groups is 2. The van der Waals surface area contributed by atoms with Crippen LogP contribution in [0.4, 0.5) is 5.69 Å². The SMILES string of the molecule is CC(C)(C)NC(=O)C(c1ccncn1)N(C(=O)c1ccco1)c1ccc(C(C)(C)C)cc1. The molecule has 1 aromatic carbocycles. The molecule has 32 heavy (non-hydrogen) atoms. The van der Waals surface area contributed by atoms with Crippen LogP contribution >= 0.6 is 0 Å². The molecular formula is C25H30N4O3. The van der Waals surface area contributed by atoms with Crippen LogP contribution in [0.5, 0.6) is 0 Å². The van der Waals surface area contributed by atoms with Gasteiger partial charge in [0.05, 0.1) is 12.0 Å². The first-order chi connectivity index (χ1) is 15.0. The van der Waals surface area contributed by atoms with Gasteiger partial charge in [0.1, 0.15) is 6.33 Å². The third-order valence-electron chi connectivity index (χ3n) is 4.85. The second-order valence-electron chi connectivity index (χ2n) is 9.73. The molecule has 0 fully saturated rings. The standard InChI is InChI=1S/C25H30N4O3/c1-24(2,3)17-9-11-18(12-10-17)29(23(31)20-8-7-15-32-20)21(19-13-14-26-16-27-19)22(30)28-25(4,5)6/h7-16,21H,1-6H3,(H,28,30). The molecule has 7 nitrogen and oxygen atoms in total. The molecule has 0 aliphatic carbocycles. The van der Waals surface area contributed by atoms with E-state index in [2.05, 4.69) is 36.1 Å². The van der Waals surface area contributed by atoms with Gasteiger partial charge < -0.3 is 9.73 Å². The Labute approximate surface area is 188 Å². The van der Waals surface area contributed by atoms with Crippen molar-refractivity contribution in [3.63, 3.8) is 0 Å². The lowest BCUT2D eigenvalue weighted by Crippen LogP contribution is -2.49. The summed E-state index contributed by atoms with van der Waals surface area (Å²) in [6.07, 6.45) is 4.35. The molecule has 2 heterocycles. The number of hydrogen-bond donors (Lipinski definition) is 1. The molecule has 0 radical (unpaired) electrons. The average molecular weight is 435 g/mol. The predicted octanol–water partition coefficient (Wildman–Crippen LogP) is 4.67. The van der Waals surface area contributed by atoms with E-state index in [4.69, 9.17) is 4.42 Å². The lowest BCUT2D eigenvalue weighted by molar-refractivity contribution is -0.124. The predicted molar refractivity (Wildman–Crippen MR) is 123 cm³/mol. The molecule has 7 heteroatoms. The quantitative estimate of drug-likeness (QED) is 0.630. The molecule has 0 saturated carbocycles. The number of rotatable bonds is 5. The maximum Gasteiger partial charge on any atom is 0.295 e. The molecule has 3 aromatic rings. The molecule has 168 valence electrons. The summed E-state index contributed by atoms with van der Waals surface area (Å²) in [5.41, 5.74) is 1.53. The third kappa shape index (κ3) is 5.41. The molecule has 0 aliphatic rings. The van der Waals surface area contributed by atoms with Gasteiger partial charge in [0.2, 0.25) is 5.91 Å². The second kappa shape index (κ2) is 8.94. The third-order valence-corrected chi connectivity index (χ3v) is 4.85. The summed E-state index contributed by atoms with van der Waals surface area (Å²) in [4.78, 5) is 36.7. The Morgan fingerprint density at radius 1 is 1.00 bits per heavy atom. The molecule has 0 aliphatic heterocycles. The van der Waals surface area contributed by atoms with Crippen molar-refractivity contribution in [3.8, 4) is 0 Å². The van der Waals surface area contributed by atoms with Crippen molar-refractivity contribution in [1.29, 1.82) is 0 Å². The van der Waals surface area contributed by atoms with Crippen LogP contribution in [0.25, 0.3) is 0 Å². The lowest BCUT2D eigenvalue weighted by Gasteiger charge is -2.33. The Morgan fingerprint density at radius 3 is 2.19 bits per heavy atom. The minimum Gasteiger partial charge on any atom is -0.459 e. The van der Waals surface area contributed by atoms with E-state index >= 15 is 0 Å². The fourth-order valence-electron chi connectivity index (χ4n) is 3.31. The Kier molecular flexibility index (Phi) is 6.48. The van der Waals surface area contributed by atoms with Gasteiger partial charge >= 0.3 is 0 Å². The van der Waals surface area contributed by atoms with Gasteiger partial charge in [0.15, 0.2) is 11.8 Å². The van der Waals surface area contributed by atoms with E-state index in [1.165, 1.54) is 17.5 Å². The zero-order chi connectivity index (χ0) is 23.5. The van der Waals surface area contributed by atoms with Gasteiger partial charge in [0, 0.05) is 17.4 Å². The minimum absolute atomic E-state index is 0.0515. The van der Waals surface area contributed by atoms with Crippen LogP contribution in [-0.4, -0.2) is 27.3 Å². The van der Waals surface area contributed by atoms with E-state index in [1.807, 2.05) is 45.0 Å². The van der Waals surface area contributed by atoms with Crippen LogP contribution in [0.2, 0.25) is 0 Å². The first kappa shape index (κ1) is 23.2. The topological polar surface area (TPSA) is 88.3 Å². The zero-order valence-corrected chi connectivity index (χ0v) is 19.4. The maximum atomic E-state index is 13.6. The molecular weight excluding hydrogens is 404 g/mol. The summed E-state index contributed by atoms with van der Waals surface area (Å²) < 4.78 is 5.39. The Hall–Kier alpha value is -3.48. The zero-order valence-electron chi connectivity index (χ0n) is 19.4. The van der Waals surface area contributed by atoms with Gasteiger partial charge in [0.25, 0.3) is 5.91 Å². The van der Waals surface area contributed by atoms with Crippen LogP contribution < -0.4 is 10.2 Å². The van der Waals surface area contributed by atoms with Gasteiger partial charge in [-0.25, -0.2) is 9.97 Å². The maximum absolute atomic E-state index is 13.6. The average Bonchev–Trinajstić information content (AvgIpc) is 3.25. The molecule has 1 N–H and O–H groups in total. The minimum atomic E-state index is -1.02. The number of carbonyl (C=O) groups excluding carboxylic acids is 2. The van der Waals surface area contributed by atoms with Crippen LogP contribution in [0.3, 0.4) is 0 Å². The highest BCUT2D eigenvalue weighted by Crippen LogP contribution is 2.31. The number of furan rings is 1. The number of hydrogen-bond acceptors (Lipinski definition) is 5. The monoisotopic (exact) mass is 434 g/mol. The molecule has 2 aromatic heterocycles. The van der Waals surface area contributed by atoms with Crippen molar-refractivity contribution in [3.05, 3.63) is 78.3 Å². The first-order valence-electron chi connectivity index (χ1n) is 10.5. The molecule has 0 bridgehead atoms. The van der Waals surface area contributed by atoms with Gasteiger partial charge in [-0.3, -0.25) is 14.5 Å². The van der Waals surface area contributed by atoms with E-state index < -0.39 is 17.5 Å². The summed E-state index contributed by atoms with van der Waals surface area (Å²) in [6.45, 7) is 12.0. The summed E-state index contributed by atoms with van der Waals surface area (Å²) in [6, 6.07) is 11.5. The van der Waals surface area contributed by atoms with Gasteiger partial charge in [-0.15, -0.1) is 0 Å². The highest BCUT2D eigenvalue weighted by molar-refractivity contribution is 6.08. The first-order valence-corrected chi connectivity index (χ1v) is 10.5. The van der Waals surface area contributed by atoms with Crippen molar-refractivity contribution in [2.75, 3.05) is 4.90 Å². The largest absolute Gasteiger partial charge is 0.459 e.